The van der Waals surface area contributed by atoms with Crippen LogP contribution in [0.15, 0.2) is 36.8 Å². The van der Waals surface area contributed by atoms with Crippen molar-refractivity contribution < 1.29 is 0 Å². The van der Waals surface area contributed by atoms with Crippen LogP contribution in [-0.2, 0) is 0 Å². The summed E-state index contributed by atoms with van der Waals surface area (Å²) in [5.41, 5.74) is 7.11. The highest BCUT2D eigenvalue weighted by Gasteiger charge is 2.14. The maximum atomic E-state index is 4.48. The first kappa shape index (κ1) is 15.0. The predicted molar refractivity (Wildman–Crippen MR) is 92.3 cm³/mol. The van der Waals surface area contributed by atoms with E-state index < -0.39 is 0 Å². The first-order valence-corrected chi connectivity index (χ1v) is 7.76. The van der Waals surface area contributed by atoms with Crippen LogP contribution in [0.3, 0.4) is 0 Å². The maximum Gasteiger partial charge on any atom is 0.209 e. The first-order chi connectivity index (χ1) is 11.2. The number of hydrogen-bond donors (Lipinski definition) is 2. The Morgan fingerprint density at radius 1 is 1.39 bits per heavy atom. The molecule has 0 bridgehead atoms. The average molecular weight is 328 g/mol. The third-order valence-corrected chi connectivity index (χ3v) is 3.70. The van der Waals surface area contributed by atoms with E-state index in [2.05, 4.69) is 37.6 Å². The van der Waals surface area contributed by atoms with Crippen LogP contribution >= 0.6 is 11.3 Å². The Hall–Kier alpha value is -2.94. The number of hydrogen-bond acceptors (Lipinski definition) is 7. The van der Waals surface area contributed by atoms with Crippen molar-refractivity contribution in [2.75, 3.05) is 17.8 Å². The number of allylic oxidation sites excluding steroid dienone is 1. The smallest absolute Gasteiger partial charge is 0.209 e. The summed E-state index contributed by atoms with van der Waals surface area (Å²) >= 11 is 1.40. The second-order valence-corrected chi connectivity index (χ2v) is 5.40. The van der Waals surface area contributed by atoms with Crippen molar-refractivity contribution in [1.29, 1.82) is 0 Å². The molecule has 0 aliphatic heterocycles. The fourth-order valence-electron chi connectivity index (χ4n) is 2.09. The largest absolute Gasteiger partial charge is 0.328 e. The van der Waals surface area contributed by atoms with Gasteiger partial charge in [-0.25, -0.2) is 4.98 Å². The zero-order valence-corrected chi connectivity index (χ0v) is 13.6. The average Bonchev–Trinajstić information content (AvgIpc) is 3.27. The van der Waals surface area contributed by atoms with Crippen molar-refractivity contribution in [3.63, 3.8) is 0 Å². The van der Waals surface area contributed by atoms with Crippen LogP contribution in [0.4, 0.5) is 5.13 Å². The molecule has 0 radical (unpaired) electrons. The molecule has 3 aromatic rings. The molecule has 0 aromatic carbocycles. The van der Waals surface area contributed by atoms with Gasteiger partial charge in [-0.15, -0.1) is 10.2 Å². The van der Waals surface area contributed by atoms with Crippen LogP contribution in [0.5, 0.6) is 0 Å². The van der Waals surface area contributed by atoms with Crippen LogP contribution in [0, 0.1) is 0 Å². The molecule has 8 nitrogen and oxygen atoms in total. The highest BCUT2D eigenvalue weighted by atomic mass is 32.1. The molecule has 0 spiro atoms. The predicted octanol–water partition coefficient (Wildman–Crippen LogP) is 2.34. The van der Waals surface area contributed by atoms with Crippen molar-refractivity contribution in [2.24, 2.45) is 0 Å². The lowest BCUT2D eigenvalue weighted by atomic mass is 10.3. The molecule has 0 unspecified atom stereocenters. The van der Waals surface area contributed by atoms with E-state index in [1.54, 1.807) is 29.7 Å². The zero-order chi connectivity index (χ0) is 16.2. The molecule has 0 aliphatic carbocycles. The Morgan fingerprint density at radius 3 is 2.91 bits per heavy atom. The SMILES string of the molecule is C=C(Nc1nncs1)c1ncc(-c2cnn(NC)c2)n1/C=C\C. The van der Waals surface area contributed by atoms with Gasteiger partial charge in [0.1, 0.15) is 5.51 Å². The third kappa shape index (κ3) is 2.99. The van der Waals surface area contributed by atoms with Crippen LogP contribution in [0.25, 0.3) is 23.2 Å². The molecule has 3 heterocycles. The summed E-state index contributed by atoms with van der Waals surface area (Å²) in [5.74, 6) is 0.700. The van der Waals surface area contributed by atoms with Gasteiger partial charge in [-0.2, -0.15) is 9.89 Å². The van der Waals surface area contributed by atoms with Gasteiger partial charge in [0.05, 0.1) is 30.0 Å². The minimum absolute atomic E-state index is 0.645. The van der Waals surface area contributed by atoms with Crippen molar-refractivity contribution in [3.05, 3.63) is 42.6 Å². The lowest BCUT2D eigenvalue weighted by Gasteiger charge is -2.08. The summed E-state index contributed by atoms with van der Waals surface area (Å²) < 4.78 is 1.95. The summed E-state index contributed by atoms with van der Waals surface area (Å²) in [6, 6.07) is 0. The van der Waals surface area contributed by atoms with Crippen molar-refractivity contribution in [2.45, 2.75) is 6.92 Å². The van der Waals surface area contributed by atoms with E-state index in [1.165, 1.54) is 11.3 Å². The summed E-state index contributed by atoms with van der Waals surface area (Å²) in [7, 11) is 1.80. The standard InChI is InChI=1S/C14H16N8S/c1-4-5-21-12(11-6-18-22(8-11)15-3)7-16-13(21)10(2)19-14-20-17-9-23-14/h4-9,15H,2H2,1,3H3,(H,19,20)/b5-4-. The van der Waals surface area contributed by atoms with Crippen molar-refractivity contribution in [3.8, 4) is 11.3 Å². The number of nitrogens with one attached hydrogen (secondary N) is 2. The van der Waals surface area contributed by atoms with Gasteiger partial charge >= 0.3 is 0 Å². The monoisotopic (exact) mass is 328 g/mol. The van der Waals surface area contributed by atoms with E-state index in [4.69, 9.17) is 0 Å². The molecule has 0 saturated heterocycles. The molecule has 0 saturated carbocycles. The summed E-state index contributed by atoms with van der Waals surface area (Å²) in [6.07, 6.45) is 9.33. The molecule has 23 heavy (non-hydrogen) atoms. The number of rotatable bonds is 6. The molecule has 2 N–H and O–H groups in total. The minimum Gasteiger partial charge on any atom is -0.328 e. The van der Waals surface area contributed by atoms with Crippen LogP contribution in [0.1, 0.15) is 12.7 Å². The van der Waals surface area contributed by atoms with E-state index in [0.717, 1.165) is 11.3 Å². The maximum absolute atomic E-state index is 4.48. The van der Waals surface area contributed by atoms with Crippen LogP contribution in [0.2, 0.25) is 0 Å². The number of nitrogens with zero attached hydrogens (tertiary/aromatic N) is 6. The third-order valence-electron chi connectivity index (χ3n) is 3.09. The normalized spacial score (nSPS) is 11.0. The summed E-state index contributed by atoms with van der Waals surface area (Å²) in [4.78, 5) is 6.11. The molecule has 118 valence electrons. The molecule has 0 atom stereocenters. The van der Waals surface area contributed by atoms with E-state index in [-0.39, 0.29) is 0 Å². The Labute approximate surface area is 137 Å². The topological polar surface area (TPSA) is 85.5 Å². The van der Waals surface area contributed by atoms with Gasteiger partial charge in [0.15, 0.2) is 5.82 Å². The summed E-state index contributed by atoms with van der Waals surface area (Å²) in [5, 5.41) is 15.8. The van der Waals surface area contributed by atoms with E-state index in [9.17, 15) is 0 Å². The van der Waals surface area contributed by atoms with Crippen molar-refractivity contribution >= 4 is 28.4 Å². The number of imidazole rings is 1. The molecule has 0 amide bonds. The van der Waals surface area contributed by atoms with E-state index in [0.29, 0.717) is 16.7 Å². The van der Waals surface area contributed by atoms with Gasteiger partial charge in [-0.3, -0.25) is 4.57 Å². The van der Waals surface area contributed by atoms with E-state index >= 15 is 0 Å². The van der Waals surface area contributed by atoms with E-state index in [1.807, 2.05) is 30.0 Å². The summed E-state index contributed by atoms with van der Waals surface area (Å²) in [6.45, 7) is 6.00. The van der Waals surface area contributed by atoms with Gasteiger partial charge in [0, 0.05) is 18.8 Å². The molecule has 0 aliphatic rings. The second-order valence-electron chi connectivity index (χ2n) is 4.56. The Morgan fingerprint density at radius 2 is 2.26 bits per heavy atom. The van der Waals surface area contributed by atoms with Gasteiger partial charge in [0.25, 0.3) is 0 Å². The zero-order valence-electron chi connectivity index (χ0n) is 12.8. The van der Waals surface area contributed by atoms with Crippen LogP contribution < -0.4 is 10.7 Å². The first-order valence-electron chi connectivity index (χ1n) is 6.88. The second kappa shape index (κ2) is 6.44. The fourth-order valence-corrected chi connectivity index (χ4v) is 2.56. The lowest BCUT2D eigenvalue weighted by Crippen LogP contribution is -2.08. The van der Waals surface area contributed by atoms with Gasteiger partial charge in [0.2, 0.25) is 5.13 Å². The Kier molecular flexibility index (Phi) is 4.20. The molecular formula is C14H16N8S. The van der Waals surface area contributed by atoms with Crippen LogP contribution in [-0.4, -0.2) is 36.7 Å². The molecular weight excluding hydrogens is 312 g/mol. The van der Waals surface area contributed by atoms with Gasteiger partial charge in [-0.1, -0.05) is 24.0 Å². The van der Waals surface area contributed by atoms with Gasteiger partial charge in [-0.05, 0) is 6.92 Å². The quantitative estimate of drug-likeness (QED) is 0.722. The highest BCUT2D eigenvalue weighted by Crippen LogP contribution is 2.25. The van der Waals surface area contributed by atoms with Gasteiger partial charge < -0.3 is 10.7 Å². The minimum atomic E-state index is 0.645. The number of aromatic nitrogens is 6. The molecule has 3 aromatic heterocycles. The highest BCUT2D eigenvalue weighted by molar-refractivity contribution is 7.13. The number of anilines is 1. The molecule has 9 heteroatoms. The Balaban J connectivity index is 1.96. The lowest BCUT2D eigenvalue weighted by molar-refractivity contribution is 0.782. The Bertz CT molecular complexity index is 827. The molecule has 3 rings (SSSR count). The molecule has 0 fully saturated rings. The van der Waals surface area contributed by atoms with Crippen molar-refractivity contribution in [1.82, 2.24) is 29.6 Å². The fraction of sp³-hybridized carbons (Fsp3) is 0.143.